The van der Waals surface area contributed by atoms with E-state index >= 15 is 0 Å². The predicted molar refractivity (Wildman–Crippen MR) is 108 cm³/mol. The lowest BCUT2D eigenvalue weighted by Crippen LogP contribution is -2.10. The lowest BCUT2D eigenvalue weighted by Gasteiger charge is -2.26. The van der Waals surface area contributed by atoms with Crippen molar-refractivity contribution in [1.82, 2.24) is 0 Å². The highest BCUT2D eigenvalue weighted by molar-refractivity contribution is 5.71. The summed E-state index contributed by atoms with van der Waals surface area (Å²) in [6, 6.07) is 18.1. The van der Waals surface area contributed by atoms with E-state index in [9.17, 15) is 13.2 Å². The average molecular weight is 380 g/mol. The first-order valence-electron chi connectivity index (χ1n) is 9.87. The number of rotatable bonds is 3. The Morgan fingerprint density at radius 2 is 1.14 bits per heavy atom. The molecule has 1 aliphatic carbocycles. The van der Waals surface area contributed by atoms with Crippen molar-refractivity contribution in [1.29, 1.82) is 0 Å². The van der Waals surface area contributed by atoms with Crippen molar-refractivity contribution < 1.29 is 13.2 Å². The van der Waals surface area contributed by atoms with Crippen LogP contribution in [-0.2, 0) is 0 Å². The summed E-state index contributed by atoms with van der Waals surface area (Å²) < 4.78 is 40.6. The molecule has 144 valence electrons. The minimum atomic E-state index is -1.44. The Labute approximate surface area is 164 Å². The molecule has 0 amide bonds. The van der Waals surface area contributed by atoms with Gasteiger partial charge in [-0.05, 0) is 59.1 Å². The maximum absolute atomic E-state index is 14.0. The standard InChI is InChI=1S/C25H23F3/c1-16-2-4-17(5-3-16)18-6-8-19(9-7-18)20-10-12-21(13-11-20)22-14-15-23(26)25(28)24(22)27/h6-17H,2-5H2,1H3. The maximum Gasteiger partial charge on any atom is 0.195 e. The minimum Gasteiger partial charge on any atom is -0.204 e. The second-order valence-electron chi connectivity index (χ2n) is 7.88. The highest BCUT2D eigenvalue weighted by Crippen LogP contribution is 2.36. The smallest absolute Gasteiger partial charge is 0.195 e. The fourth-order valence-electron chi connectivity index (χ4n) is 4.13. The van der Waals surface area contributed by atoms with Crippen LogP contribution in [0.4, 0.5) is 13.2 Å². The third-order valence-corrected chi connectivity index (χ3v) is 5.96. The first-order chi connectivity index (χ1) is 13.5. The third kappa shape index (κ3) is 3.71. The highest BCUT2D eigenvalue weighted by Gasteiger charge is 2.19. The van der Waals surface area contributed by atoms with Gasteiger partial charge in [0.1, 0.15) is 0 Å². The molecule has 0 aromatic heterocycles. The van der Waals surface area contributed by atoms with E-state index in [0.717, 1.165) is 23.1 Å². The first kappa shape index (κ1) is 18.8. The van der Waals surface area contributed by atoms with E-state index in [0.29, 0.717) is 11.5 Å². The van der Waals surface area contributed by atoms with Crippen LogP contribution in [0.15, 0.2) is 60.7 Å². The molecule has 0 aliphatic heterocycles. The Hall–Kier alpha value is -2.55. The van der Waals surface area contributed by atoms with E-state index in [1.54, 1.807) is 12.1 Å². The Morgan fingerprint density at radius 3 is 1.75 bits per heavy atom. The Bertz CT molecular complexity index is 950. The number of halogens is 3. The van der Waals surface area contributed by atoms with Crippen molar-refractivity contribution in [3.05, 3.63) is 83.7 Å². The van der Waals surface area contributed by atoms with Gasteiger partial charge in [-0.2, -0.15) is 0 Å². The van der Waals surface area contributed by atoms with Crippen LogP contribution in [0.25, 0.3) is 22.3 Å². The van der Waals surface area contributed by atoms with E-state index in [4.69, 9.17) is 0 Å². The van der Waals surface area contributed by atoms with Crippen molar-refractivity contribution >= 4 is 0 Å². The van der Waals surface area contributed by atoms with Crippen LogP contribution in [0, 0.1) is 23.4 Å². The summed E-state index contributed by atoms with van der Waals surface area (Å²) in [5.74, 6) is -2.27. The summed E-state index contributed by atoms with van der Waals surface area (Å²) in [7, 11) is 0. The molecule has 1 aliphatic rings. The molecule has 0 unspecified atom stereocenters. The Balaban J connectivity index is 1.53. The van der Waals surface area contributed by atoms with E-state index in [2.05, 4.69) is 31.2 Å². The van der Waals surface area contributed by atoms with Gasteiger partial charge in [0.05, 0.1) is 0 Å². The molecule has 0 nitrogen and oxygen atoms in total. The molecule has 0 bridgehead atoms. The molecule has 0 saturated heterocycles. The molecule has 3 aromatic carbocycles. The summed E-state index contributed by atoms with van der Waals surface area (Å²) in [5.41, 5.74) is 4.08. The lowest BCUT2D eigenvalue weighted by atomic mass is 9.79. The molecule has 0 atom stereocenters. The van der Waals surface area contributed by atoms with Gasteiger partial charge in [-0.1, -0.05) is 68.3 Å². The van der Waals surface area contributed by atoms with Gasteiger partial charge in [0.15, 0.2) is 17.5 Å². The van der Waals surface area contributed by atoms with E-state index in [1.165, 1.54) is 37.3 Å². The molecule has 3 aromatic rings. The second kappa shape index (κ2) is 7.83. The fourth-order valence-corrected chi connectivity index (χ4v) is 4.13. The number of hydrogen-bond donors (Lipinski definition) is 0. The van der Waals surface area contributed by atoms with E-state index in [-0.39, 0.29) is 5.56 Å². The summed E-state index contributed by atoms with van der Waals surface area (Å²) in [6.45, 7) is 2.33. The van der Waals surface area contributed by atoms with Crippen molar-refractivity contribution in [2.45, 2.75) is 38.5 Å². The van der Waals surface area contributed by atoms with Crippen LogP contribution in [0.5, 0.6) is 0 Å². The molecule has 1 fully saturated rings. The van der Waals surface area contributed by atoms with Crippen LogP contribution in [0.1, 0.15) is 44.1 Å². The third-order valence-electron chi connectivity index (χ3n) is 5.96. The number of hydrogen-bond acceptors (Lipinski definition) is 0. The topological polar surface area (TPSA) is 0 Å². The monoisotopic (exact) mass is 380 g/mol. The van der Waals surface area contributed by atoms with Gasteiger partial charge in [0, 0.05) is 5.56 Å². The van der Waals surface area contributed by atoms with Gasteiger partial charge >= 0.3 is 0 Å². The van der Waals surface area contributed by atoms with Gasteiger partial charge in [-0.25, -0.2) is 13.2 Å². The van der Waals surface area contributed by atoms with Crippen molar-refractivity contribution in [3.63, 3.8) is 0 Å². The summed E-state index contributed by atoms with van der Waals surface area (Å²) in [5, 5.41) is 0. The highest BCUT2D eigenvalue weighted by atomic mass is 19.2. The van der Waals surface area contributed by atoms with E-state index < -0.39 is 17.5 Å². The molecule has 4 rings (SSSR count). The summed E-state index contributed by atoms with van der Waals surface area (Å²) in [6.07, 6.45) is 5.12. The molecule has 0 N–H and O–H groups in total. The van der Waals surface area contributed by atoms with Crippen LogP contribution < -0.4 is 0 Å². The second-order valence-corrected chi connectivity index (χ2v) is 7.88. The molecule has 0 radical (unpaired) electrons. The quantitative estimate of drug-likeness (QED) is 0.408. The largest absolute Gasteiger partial charge is 0.204 e. The first-order valence-corrected chi connectivity index (χ1v) is 9.87. The van der Waals surface area contributed by atoms with Crippen molar-refractivity contribution in [2.24, 2.45) is 5.92 Å². The molecule has 0 heterocycles. The van der Waals surface area contributed by atoms with Gasteiger partial charge in [0.2, 0.25) is 0 Å². The zero-order valence-corrected chi connectivity index (χ0v) is 15.9. The molecule has 1 saturated carbocycles. The van der Waals surface area contributed by atoms with Gasteiger partial charge in [0.25, 0.3) is 0 Å². The van der Waals surface area contributed by atoms with Crippen LogP contribution in [0.3, 0.4) is 0 Å². The maximum atomic E-state index is 14.0. The zero-order valence-electron chi connectivity index (χ0n) is 15.9. The summed E-state index contributed by atoms with van der Waals surface area (Å²) in [4.78, 5) is 0. The van der Waals surface area contributed by atoms with Crippen LogP contribution in [-0.4, -0.2) is 0 Å². The Morgan fingerprint density at radius 1 is 0.607 bits per heavy atom. The Kier molecular flexibility index (Phi) is 5.25. The predicted octanol–water partition coefficient (Wildman–Crippen LogP) is 7.73. The van der Waals surface area contributed by atoms with Crippen LogP contribution >= 0.6 is 0 Å². The van der Waals surface area contributed by atoms with Gasteiger partial charge < -0.3 is 0 Å². The fraction of sp³-hybridized carbons (Fsp3) is 0.280. The zero-order chi connectivity index (χ0) is 19.7. The number of benzene rings is 3. The van der Waals surface area contributed by atoms with Crippen molar-refractivity contribution in [3.8, 4) is 22.3 Å². The molecule has 3 heteroatoms. The normalized spacial score (nSPS) is 19.6. The minimum absolute atomic E-state index is 0.0623. The van der Waals surface area contributed by atoms with Gasteiger partial charge in [-0.3, -0.25) is 0 Å². The molecule has 28 heavy (non-hydrogen) atoms. The molecular weight excluding hydrogens is 357 g/mol. The molecule has 0 spiro atoms. The summed E-state index contributed by atoms with van der Waals surface area (Å²) >= 11 is 0. The SMILES string of the molecule is CC1CCC(c2ccc(-c3ccc(-c4ccc(F)c(F)c4F)cc3)cc2)CC1. The van der Waals surface area contributed by atoms with Crippen LogP contribution in [0.2, 0.25) is 0 Å². The molecular formula is C25H23F3. The lowest BCUT2D eigenvalue weighted by molar-refractivity contribution is 0.348. The van der Waals surface area contributed by atoms with E-state index in [1.807, 2.05) is 12.1 Å². The van der Waals surface area contributed by atoms with Gasteiger partial charge in [-0.15, -0.1) is 0 Å². The van der Waals surface area contributed by atoms with Crippen molar-refractivity contribution in [2.75, 3.05) is 0 Å². The average Bonchev–Trinajstić information content (AvgIpc) is 2.73.